The summed E-state index contributed by atoms with van der Waals surface area (Å²) in [6, 6.07) is 9.21. The van der Waals surface area contributed by atoms with Crippen molar-refractivity contribution in [2.45, 2.75) is 44.2 Å². The number of nitrogens with one attached hydrogen (secondary N) is 1. The molecule has 0 radical (unpaired) electrons. The third-order valence-electron chi connectivity index (χ3n) is 6.47. The minimum Gasteiger partial charge on any atom is -0.493 e. The maximum absolute atomic E-state index is 14.4. The van der Waals surface area contributed by atoms with E-state index in [2.05, 4.69) is 20.2 Å². The summed E-state index contributed by atoms with van der Waals surface area (Å²) in [5.74, 6) is 1.23. The fourth-order valence-corrected chi connectivity index (χ4v) is 4.73. The Bertz CT molecular complexity index is 1120. The number of aromatic nitrogens is 2. The number of ether oxygens (including phenoxy) is 2. The van der Waals surface area contributed by atoms with Crippen LogP contribution in [-0.2, 0) is 0 Å². The topological polar surface area (TPSA) is 59.5 Å². The van der Waals surface area contributed by atoms with Gasteiger partial charge in [0.2, 0.25) is 0 Å². The number of methoxy groups -OCH3 is 1. The van der Waals surface area contributed by atoms with Crippen LogP contribution in [0.3, 0.4) is 0 Å². The van der Waals surface area contributed by atoms with Crippen LogP contribution in [0, 0.1) is 5.82 Å². The molecule has 0 atom stereocenters. The summed E-state index contributed by atoms with van der Waals surface area (Å²) >= 11 is 5.93. The minimum atomic E-state index is -0.523. The van der Waals surface area contributed by atoms with E-state index in [9.17, 15) is 4.39 Å². The SMILES string of the molecule is COc1cc2ncnc(Nc3cccc(Cl)c3F)c2cc1OC1CCC(N2CCC2)CC1. The van der Waals surface area contributed by atoms with Gasteiger partial charge in [0, 0.05) is 17.5 Å². The lowest BCUT2D eigenvalue weighted by Crippen LogP contribution is -2.47. The van der Waals surface area contributed by atoms with Gasteiger partial charge in [0.05, 0.1) is 29.4 Å². The highest BCUT2D eigenvalue weighted by atomic mass is 35.5. The van der Waals surface area contributed by atoms with E-state index in [0.717, 1.165) is 31.1 Å². The highest BCUT2D eigenvalue weighted by Gasteiger charge is 2.30. The van der Waals surface area contributed by atoms with Crippen molar-refractivity contribution in [3.05, 3.63) is 47.5 Å². The van der Waals surface area contributed by atoms with Crippen LogP contribution in [0.2, 0.25) is 5.02 Å². The fourth-order valence-electron chi connectivity index (χ4n) is 4.56. The molecule has 32 heavy (non-hydrogen) atoms. The second kappa shape index (κ2) is 9.08. The normalized spacial score (nSPS) is 21.2. The van der Waals surface area contributed by atoms with E-state index in [1.165, 1.54) is 31.9 Å². The molecule has 0 bridgehead atoms. The molecule has 1 aromatic heterocycles. The summed E-state index contributed by atoms with van der Waals surface area (Å²) < 4.78 is 26.4. The van der Waals surface area contributed by atoms with Crippen molar-refractivity contribution in [2.75, 3.05) is 25.5 Å². The third-order valence-corrected chi connectivity index (χ3v) is 6.76. The molecule has 1 saturated carbocycles. The first-order valence-electron chi connectivity index (χ1n) is 11.1. The van der Waals surface area contributed by atoms with Crippen LogP contribution in [-0.4, -0.2) is 47.2 Å². The van der Waals surface area contributed by atoms with Gasteiger partial charge in [-0.3, -0.25) is 0 Å². The van der Waals surface area contributed by atoms with Gasteiger partial charge in [0.15, 0.2) is 17.3 Å². The van der Waals surface area contributed by atoms with Gasteiger partial charge in [-0.1, -0.05) is 17.7 Å². The molecule has 3 aromatic rings. The first kappa shape index (κ1) is 21.2. The van der Waals surface area contributed by atoms with Crippen LogP contribution in [0.15, 0.2) is 36.7 Å². The van der Waals surface area contributed by atoms with Crippen molar-refractivity contribution in [3.63, 3.8) is 0 Å². The number of benzene rings is 2. The van der Waals surface area contributed by atoms with E-state index in [1.807, 2.05) is 12.1 Å². The summed E-state index contributed by atoms with van der Waals surface area (Å²) in [5, 5.41) is 3.81. The van der Waals surface area contributed by atoms with E-state index in [-0.39, 0.29) is 16.8 Å². The number of halogens is 2. The van der Waals surface area contributed by atoms with E-state index < -0.39 is 5.82 Å². The monoisotopic (exact) mass is 456 g/mol. The molecule has 2 fully saturated rings. The highest BCUT2D eigenvalue weighted by Crippen LogP contribution is 2.38. The molecule has 8 heteroatoms. The lowest BCUT2D eigenvalue weighted by Gasteiger charge is -2.41. The fraction of sp³-hybridized carbons (Fsp3) is 0.417. The average Bonchev–Trinajstić information content (AvgIpc) is 2.77. The Morgan fingerprint density at radius 1 is 1.09 bits per heavy atom. The van der Waals surface area contributed by atoms with Gasteiger partial charge in [-0.05, 0) is 63.4 Å². The predicted octanol–water partition coefficient (Wildman–Crippen LogP) is 5.57. The molecular formula is C24H26ClFN4O2. The van der Waals surface area contributed by atoms with Gasteiger partial charge in [-0.25, -0.2) is 14.4 Å². The molecule has 1 saturated heterocycles. The lowest BCUT2D eigenvalue weighted by molar-refractivity contribution is 0.0528. The molecule has 1 aliphatic heterocycles. The Hall–Kier alpha value is -2.64. The van der Waals surface area contributed by atoms with Crippen LogP contribution in [0.4, 0.5) is 15.9 Å². The molecule has 168 valence electrons. The van der Waals surface area contributed by atoms with Gasteiger partial charge < -0.3 is 19.7 Å². The Morgan fingerprint density at radius 3 is 2.62 bits per heavy atom. The van der Waals surface area contributed by atoms with Gasteiger partial charge in [-0.15, -0.1) is 0 Å². The first-order chi connectivity index (χ1) is 15.6. The van der Waals surface area contributed by atoms with Gasteiger partial charge in [-0.2, -0.15) is 0 Å². The molecule has 1 aliphatic carbocycles. The summed E-state index contributed by atoms with van der Waals surface area (Å²) in [7, 11) is 1.62. The van der Waals surface area contributed by atoms with Crippen LogP contribution < -0.4 is 14.8 Å². The van der Waals surface area contributed by atoms with Crippen LogP contribution in [0.1, 0.15) is 32.1 Å². The van der Waals surface area contributed by atoms with Crippen molar-refractivity contribution < 1.29 is 13.9 Å². The van der Waals surface area contributed by atoms with Crippen molar-refractivity contribution in [1.82, 2.24) is 14.9 Å². The number of rotatable bonds is 6. The molecule has 0 unspecified atom stereocenters. The summed E-state index contributed by atoms with van der Waals surface area (Å²) in [5.41, 5.74) is 0.927. The third kappa shape index (κ3) is 4.19. The first-order valence-corrected chi connectivity index (χ1v) is 11.4. The average molecular weight is 457 g/mol. The standard InChI is InChI=1S/C24H26ClFN4O2/c1-31-21-13-20-17(24(28-14-27-20)29-19-5-2-4-18(25)23(19)26)12-22(21)32-16-8-6-15(7-9-16)30-10-3-11-30/h2,4-5,12-16H,3,6-11H2,1H3,(H,27,28,29). The van der Waals surface area contributed by atoms with Crippen molar-refractivity contribution in [3.8, 4) is 11.5 Å². The van der Waals surface area contributed by atoms with Crippen molar-refractivity contribution in [1.29, 1.82) is 0 Å². The van der Waals surface area contributed by atoms with Crippen LogP contribution in [0.5, 0.6) is 11.5 Å². The van der Waals surface area contributed by atoms with Gasteiger partial charge in [0.25, 0.3) is 0 Å². The quantitative estimate of drug-likeness (QED) is 0.523. The summed E-state index contributed by atoms with van der Waals surface area (Å²) in [6.45, 7) is 2.47. The number of fused-ring (bicyclic) bond motifs is 1. The summed E-state index contributed by atoms with van der Waals surface area (Å²) in [6.07, 6.45) is 7.26. The lowest BCUT2D eigenvalue weighted by atomic mass is 9.90. The van der Waals surface area contributed by atoms with Crippen molar-refractivity contribution >= 4 is 34.0 Å². The molecular weight excluding hydrogens is 431 g/mol. The molecule has 2 aliphatic rings. The van der Waals surface area contributed by atoms with E-state index >= 15 is 0 Å². The highest BCUT2D eigenvalue weighted by molar-refractivity contribution is 6.31. The van der Waals surface area contributed by atoms with Gasteiger partial charge in [0.1, 0.15) is 12.1 Å². The van der Waals surface area contributed by atoms with E-state index in [0.29, 0.717) is 28.9 Å². The Kier molecular flexibility index (Phi) is 6.02. The molecule has 5 rings (SSSR count). The van der Waals surface area contributed by atoms with Crippen LogP contribution in [0.25, 0.3) is 10.9 Å². The summed E-state index contributed by atoms with van der Waals surface area (Å²) in [4.78, 5) is 11.3. The van der Waals surface area contributed by atoms with Gasteiger partial charge >= 0.3 is 0 Å². The second-order valence-electron chi connectivity index (χ2n) is 8.41. The molecule has 2 heterocycles. The molecule has 6 nitrogen and oxygen atoms in total. The maximum Gasteiger partial charge on any atom is 0.165 e. The largest absolute Gasteiger partial charge is 0.493 e. The van der Waals surface area contributed by atoms with Crippen LogP contribution >= 0.6 is 11.6 Å². The Labute approximate surface area is 191 Å². The smallest absolute Gasteiger partial charge is 0.165 e. The number of nitrogens with zero attached hydrogens (tertiary/aromatic N) is 3. The predicted molar refractivity (Wildman–Crippen MR) is 124 cm³/mol. The number of likely N-dealkylation sites (tertiary alicyclic amines) is 1. The molecule has 0 amide bonds. The second-order valence-corrected chi connectivity index (χ2v) is 8.81. The minimum absolute atomic E-state index is 0.0490. The Balaban J connectivity index is 1.40. The molecule has 0 spiro atoms. The number of hydrogen-bond acceptors (Lipinski definition) is 6. The maximum atomic E-state index is 14.4. The zero-order valence-corrected chi connectivity index (χ0v) is 18.7. The van der Waals surface area contributed by atoms with Crippen molar-refractivity contribution in [2.24, 2.45) is 0 Å². The number of hydrogen-bond donors (Lipinski definition) is 1. The van der Waals surface area contributed by atoms with E-state index in [4.69, 9.17) is 21.1 Å². The van der Waals surface area contributed by atoms with E-state index in [1.54, 1.807) is 19.2 Å². The number of anilines is 2. The molecule has 1 N–H and O–H groups in total. The Morgan fingerprint density at radius 2 is 1.91 bits per heavy atom. The zero-order valence-electron chi connectivity index (χ0n) is 18.0. The molecule has 2 aromatic carbocycles. The zero-order chi connectivity index (χ0) is 22.1.